The molecular formula is C22H42N2O. The molecule has 1 aliphatic rings. The van der Waals surface area contributed by atoms with Gasteiger partial charge in [-0.25, -0.2) is 0 Å². The Morgan fingerprint density at radius 3 is 2.04 bits per heavy atom. The van der Waals surface area contributed by atoms with Crippen LogP contribution in [0.3, 0.4) is 0 Å². The number of aliphatic hydroxyl groups is 1. The molecule has 0 aromatic rings. The Morgan fingerprint density at radius 1 is 0.920 bits per heavy atom. The number of allylic oxidation sites excluding steroid dienone is 1. The summed E-state index contributed by atoms with van der Waals surface area (Å²) in [7, 11) is 0. The van der Waals surface area contributed by atoms with E-state index in [0.29, 0.717) is 0 Å². The van der Waals surface area contributed by atoms with E-state index in [2.05, 4.69) is 24.4 Å². The van der Waals surface area contributed by atoms with Crippen molar-refractivity contribution < 1.29 is 5.11 Å². The SMILES string of the molecule is CCCCCCCCCCCCCC/C=C/CC1NC=CN1C(C)O. The molecular weight excluding hydrogens is 308 g/mol. The third kappa shape index (κ3) is 11.3. The monoisotopic (exact) mass is 350 g/mol. The molecule has 2 atom stereocenters. The molecule has 25 heavy (non-hydrogen) atoms. The zero-order valence-electron chi connectivity index (χ0n) is 16.8. The fourth-order valence-electron chi connectivity index (χ4n) is 3.45. The van der Waals surface area contributed by atoms with Crippen LogP contribution >= 0.6 is 0 Å². The van der Waals surface area contributed by atoms with Crippen molar-refractivity contribution in [2.45, 2.75) is 116 Å². The van der Waals surface area contributed by atoms with E-state index in [1.807, 2.05) is 17.3 Å². The van der Waals surface area contributed by atoms with E-state index >= 15 is 0 Å². The van der Waals surface area contributed by atoms with Crippen LogP contribution in [-0.4, -0.2) is 22.4 Å². The van der Waals surface area contributed by atoms with Crippen LogP contribution in [0.2, 0.25) is 0 Å². The van der Waals surface area contributed by atoms with Gasteiger partial charge < -0.3 is 15.3 Å². The largest absolute Gasteiger partial charge is 0.374 e. The first-order valence-electron chi connectivity index (χ1n) is 10.8. The molecule has 1 rings (SSSR count). The minimum Gasteiger partial charge on any atom is -0.374 e. The fraction of sp³-hybridized carbons (Fsp3) is 0.818. The van der Waals surface area contributed by atoms with E-state index in [1.165, 1.54) is 83.5 Å². The fourth-order valence-corrected chi connectivity index (χ4v) is 3.45. The quantitative estimate of drug-likeness (QED) is 0.262. The van der Waals surface area contributed by atoms with Crippen LogP contribution in [0.15, 0.2) is 24.6 Å². The summed E-state index contributed by atoms with van der Waals surface area (Å²) < 4.78 is 0. The molecule has 1 aliphatic heterocycles. The first-order chi connectivity index (χ1) is 12.3. The summed E-state index contributed by atoms with van der Waals surface area (Å²) in [5.74, 6) is 0. The maximum Gasteiger partial charge on any atom is 0.125 e. The van der Waals surface area contributed by atoms with Crippen LogP contribution in [0.25, 0.3) is 0 Å². The molecule has 0 saturated heterocycles. The third-order valence-corrected chi connectivity index (χ3v) is 5.08. The van der Waals surface area contributed by atoms with Crippen molar-refractivity contribution in [3.63, 3.8) is 0 Å². The summed E-state index contributed by atoms with van der Waals surface area (Å²) in [5.41, 5.74) is 0. The molecule has 0 fully saturated rings. The minimum absolute atomic E-state index is 0.207. The lowest BCUT2D eigenvalue weighted by Crippen LogP contribution is -2.40. The number of nitrogens with one attached hydrogen (secondary N) is 1. The third-order valence-electron chi connectivity index (χ3n) is 5.08. The van der Waals surface area contributed by atoms with Gasteiger partial charge in [0.1, 0.15) is 12.4 Å². The summed E-state index contributed by atoms with van der Waals surface area (Å²) >= 11 is 0. The van der Waals surface area contributed by atoms with Crippen molar-refractivity contribution in [3.8, 4) is 0 Å². The second-order valence-corrected chi connectivity index (χ2v) is 7.46. The molecule has 146 valence electrons. The van der Waals surface area contributed by atoms with Gasteiger partial charge in [0.2, 0.25) is 0 Å². The number of hydrogen-bond acceptors (Lipinski definition) is 3. The van der Waals surface area contributed by atoms with Gasteiger partial charge in [0.15, 0.2) is 0 Å². The average Bonchev–Trinajstić information content (AvgIpc) is 3.07. The zero-order valence-corrected chi connectivity index (χ0v) is 16.8. The predicted octanol–water partition coefficient (Wildman–Crippen LogP) is 6.06. The van der Waals surface area contributed by atoms with Crippen molar-refractivity contribution in [1.82, 2.24) is 10.2 Å². The van der Waals surface area contributed by atoms with Crippen molar-refractivity contribution >= 4 is 0 Å². The van der Waals surface area contributed by atoms with Crippen molar-refractivity contribution in [1.29, 1.82) is 0 Å². The maximum atomic E-state index is 9.66. The van der Waals surface area contributed by atoms with E-state index in [-0.39, 0.29) is 6.17 Å². The first-order valence-corrected chi connectivity index (χ1v) is 10.8. The van der Waals surface area contributed by atoms with E-state index in [4.69, 9.17) is 0 Å². The average molecular weight is 351 g/mol. The molecule has 0 aliphatic carbocycles. The van der Waals surface area contributed by atoms with Crippen LogP contribution in [0.5, 0.6) is 0 Å². The van der Waals surface area contributed by atoms with Gasteiger partial charge in [-0.3, -0.25) is 0 Å². The van der Waals surface area contributed by atoms with Gasteiger partial charge in [-0.15, -0.1) is 0 Å². The molecule has 0 aromatic heterocycles. The number of aliphatic hydroxyl groups excluding tert-OH is 1. The maximum absolute atomic E-state index is 9.66. The number of unbranched alkanes of at least 4 members (excludes halogenated alkanes) is 12. The lowest BCUT2D eigenvalue weighted by Gasteiger charge is -2.27. The van der Waals surface area contributed by atoms with Crippen LogP contribution < -0.4 is 5.32 Å². The Hall–Kier alpha value is -0.960. The summed E-state index contributed by atoms with van der Waals surface area (Å²) in [6.45, 7) is 4.09. The number of hydrogen-bond donors (Lipinski definition) is 2. The van der Waals surface area contributed by atoms with Gasteiger partial charge in [0.25, 0.3) is 0 Å². The van der Waals surface area contributed by atoms with Gasteiger partial charge in [-0.2, -0.15) is 0 Å². The van der Waals surface area contributed by atoms with E-state index in [9.17, 15) is 5.11 Å². The molecule has 3 heteroatoms. The molecule has 0 radical (unpaired) electrons. The van der Waals surface area contributed by atoms with E-state index in [1.54, 1.807) is 6.92 Å². The predicted molar refractivity (Wildman–Crippen MR) is 109 cm³/mol. The standard InChI is InChI=1S/C22H42N2O/c1-3-4-5-6-7-8-9-10-11-12-13-14-15-16-17-18-22-23-19-20-24(22)21(2)25/h16-17,19-23,25H,3-15,18H2,1-2H3/b17-16+. The summed E-state index contributed by atoms with van der Waals surface area (Å²) in [4.78, 5) is 1.95. The summed E-state index contributed by atoms with van der Waals surface area (Å²) in [6, 6.07) is 0. The summed E-state index contributed by atoms with van der Waals surface area (Å²) in [6.07, 6.45) is 27.2. The van der Waals surface area contributed by atoms with E-state index in [0.717, 1.165) is 6.42 Å². The molecule has 2 N–H and O–H groups in total. The van der Waals surface area contributed by atoms with Crippen LogP contribution in [0.1, 0.15) is 104 Å². The molecule has 1 heterocycles. The molecule has 0 spiro atoms. The first kappa shape index (κ1) is 22.1. The van der Waals surface area contributed by atoms with Crippen LogP contribution in [0, 0.1) is 0 Å². The zero-order chi connectivity index (χ0) is 18.2. The lowest BCUT2D eigenvalue weighted by molar-refractivity contribution is 0.0293. The molecule has 2 unspecified atom stereocenters. The van der Waals surface area contributed by atoms with Crippen LogP contribution in [-0.2, 0) is 0 Å². The van der Waals surface area contributed by atoms with Crippen molar-refractivity contribution in [2.75, 3.05) is 0 Å². The Balaban J connectivity index is 1.83. The highest BCUT2D eigenvalue weighted by Gasteiger charge is 2.20. The summed E-state index contributed by atoms with van der Waals surface area (Å²) in [5, 5.41) is 12.9. The highest BCUT2D eigenvalue weighted by atomic mass is 16.3. The Labute approximate surface area is 156 Å². The highest BCUT2D eigenvalue weighted by Crippen LogP contribution is 2.14. The topological polar surface area (TPSA) is 35.5 Å². The molecule has 0 bridgehead atoms. The minimum atomic E-state index is -0.430. The van der Waals surface area contributed by atoms with Gasteiger partial charge in [-0.1, -0.05) is 89.7 Å². The molecule has 0 amide bonds. The van der Waals surface area contributed by atoms with E-state index < -0.39 is 6.23 Å². The Bertz CT molecular complexity index is 352. The molecule has 3 nitrogen and oxygen atoms in total. The van der Waals surface area contributed by atoms with Gasteiger partial charge in [0, 0.05) is 18.8 Å². The van der Waals surface area contributed by atoms with Crippen molar-refractivity contribution in [3.05, 3.63) is 24.6 Å². The van der Waals surface area contributed by atoms with Gasteiger partial charge in [-0.05, 0) is 19.8 Å². The Kier molecular flexibility index (Phi) is 13.5. The van der Waals surface area contributed by atoms with Crippen LogP contribution in [0.4, 0.5) is 0 Å². The second kappa shape index (κ2) is 15.3. The normalized spacial score (nSPS) is 18.2. The van der Waals surface area contributed by atoms with Crippen molar-refractivity contribution in [2.24, 2.45) is 0 Å². The number of rotatable bonds is 16. The smallest absolute Gasteiger partial charge is 0.125 e. The molecule has 0 saturated carbocycles. The number of nitrogens with zero attached hydrogens (tertiary/aromatic N) is 1. The lowest BCUT2D eigenvalue weighted by atomic mass is 10.0. The highest BCUT2D eigenvalue weighted by molar-refractivity contribution is 4.98. The second-order valence-electron chi connectivity index (χ2n) is 7.46. The van der Waals surface area contributed by atoms with Gasteiger partial charge >= 0.3 is 0 Å². The van der Waals surface area contributed by atoms with Gasteiger partial charge in [0.05, 0.1) is 0 Å². The molecule has 0 aromatic carbocycles. The Morgan fingerprint density at radius 2 is 1.48 bits per heavy atom.